The third-order valence-corrected chi connectivity index (χ3v) is 5.12. The lowest BCUT2D eigenvalue weighted by Crippen LogP contribution is -2.45. The third-order valence-electron chi connectivity index (χ3n) is 5.12. The lowest BCUT2D eigenvalue weighted by molar-refractivity contribution is -0.119. The summed E-state index contributed by atoms with van der Waals surface area (Å²) < 4.78 is 11.1. The number of hydrogen-bond donors (Lipinski definition) is 1. The monoisotopic (exact) mass is 439 g/mol. The molecule has 0 radical (unpaired) electrons. The van der Waals surface area contributed by atoms with E-state index in [1.54, 1.807) is 48.3 Å². The van der Waals surface area contributed by atoms with E-state index in [4.69, 9.17) is 9.47 Å². The number of carbonyl (C=O) groups is 3. The van der Waals surface area contributed by atoms with Gasteiger partial charge in [-0.3, -0.25) is 14.4 Å². The van der Waals surface area contributed by atoms with Crippen molar-refractivity contribution >= 4 is 29.1 Å². The van der Waals surface area contributed by atoms with E-state index >= 15 is 0 Å². The quantitative estimate of drug-likeness (QED) is 0.746. The van der Waals surface area contributed by atoms with Crippen LogP contribution in [0.1, 0.15) is 37.6 Å². The van der Waals surface area contributed by atoms with Crippen LogP contribution in [0, 0.1) is 0 Å². The molecule has 0 saturated heterocycles. The molecule has 1 aliphatic rings. The van der Waals surface area contributed by atoms with Gasteiger partial charge in [0.2, 0.25) is 11.8 Å². The molecule has 2 aromatic carbocycles. The summed E-state index contributed by atoms with van der Waals surface area (Å²) in [5.41, 5.74) is 1.58. The van der Waals surface area contributed by atoms with E-state index in [2.05, 4.69) is 5.32 Å². The average molecular weight is 440 g/mol. The Morgan fingerprint density at radius 2 is 1.91 bits per heavy atom. The molecule has 0 spiro atoms. The molecule has 8 nitrogen and oxygen atoms in total. The SMILES string of the molecule is COc1cc(C(=O)N(C)CC(=O)N2c3ccccc3NC(=O)CC2C)ccc1OC(C)C. The number of nitrogens with one attached hydrogen (secondary N) is 1. The fraction of sp³-hybridized carbons (Fsp3) is 0.375. The summed E-state index contributed by atoms with van der Waals surface area (Å²) in [7, 11) is 3.08. The minimum Gasteiger partial charge on any atom is -0.493 e. The number of nitrogens with zero attached hydrogens (tertiary/aromatic N) is 2. The van der Waals surface area contributed by atoms with Crippen LogP contribution in [0.5, 0.6) is 11.5 Å². The van der Waals surface area contributed by atoms with E-state index in [-0.39, 0.29) is 42.8 Å². The maximum Gasteiger partial charge on any atom is 0.254 e. The van der Waals surface area contributed by atoms with Crippen LogP contribution in [0.25, 0.3) is 0 Å². The molecule has 0 aromatic heterocycles. The summed E-state index contributed by atoms with van der Waals surface area (Å²) in [6.45, 7) is 5.49. The zero-order valence-corrected chi connectivity index (χ0v) is 19.0. The van der Waals surface area contributed by atoms with Crippen LogP contribution in [0.4, 0.5) is 11.4 Å². The molecule has 0 bridgehead atoms. The Balaban J connectivity index is 1.79. The Kier molecular flexibility index (Phi) is 7.02. The van der Waals surface area contributed by atoms with Gasteiger partial charge in [-0.2, -0.15) is 0 Å². The molecule has 3 amide bonds. The molecule has 32 heavy (non-hydrogen) atoms. The van der Waals surface area contributed by atoms with Gasteiger partial charge in [0.25, 0.3) is 5.91 Å². The lowest BCUT2D eigenvalue weighted by Gasteiger charge is -2.29. The second-order valence-corrected chi connectivity index (χ2v) is 8.08. The molecule has 0 aliphatic carbocycles. The van der Waals surface area contributed by atoms with Crippen LogP contribution in [-0.2, 0) is 9.59 Å². The van der Waals surface area contributed by atoms with Gasteiger partial charge in [-0.15, -0.1) is 0 Å². The Labute approximate surface area is 188 Å². The predicted molar refractivity (Wildman–Crippen MR) is 122 cm³/mol. The first-order valence-electron chi connectivity index (χ1n) is 10.5. The summed E-state index contributed by atoms with van der Waals surface area (Å²) >= 11 is 0. The van der Waals surface area contributed by atoms with Gasteiger partial charge < -0.3 is 24.6 Å². The van der Waals surface area contributed by atoms with Gasteiger partial charge in [0.05, 0.1) is 24.6 Å². The van der Waals surface area contributed by atoms with Crippen molar-refractivity contribution in [1.82, 2.24) is 4.90 Å². The number of amides is 3. The van der Waals surface area contributed by atoms with Crippen LogP contribution in [0.2, 0.25) is 0 Å². The molecule has 2 aromatic rings. The van der Waals surface area contributed by atoms with E-state index in [1.807, 2.05) is 26.8 Å². The number of fused-ring (bicyclic) bond motifs is 1. The highest BCUT2D eigenvalue weighted by Gasteiger charge is 2.30. The number of carbonyl (C=O) groups excluding carboxylic acids is 3. The molecule has 1 unspecified atom stereocenters. The second kappa shape index (κ2) is 9.72. The molecule has 0 fully saturated rings. The minimum absolute atomic E-state index is 0.0365. The molecule has 170 valence electrons. The maximum absolute atomic E-state index is 13.2. The maximum atomic E-state index is 13.2. The molecule has 3 rings (SSSR count). The van der Waals surface area contributed by atoms with Crippen molar-refractivity contribution < 1.29 is 23.9 Å². The number of benzene rings is 2. The highest BCUT2D eigenvalue weighted by Crippen LogP contribution is 2.32. The smallest absolute Gasteiger partial charge is 0.254 e. The molecule has 8 heteroatoms. The van der Waals surface area contributed by atoms with E-state index in [0.29, 0.717) is 28.4 Å². The number of para-hydroxylation sites is 2. The summed E-state index contributed by atoms with van der Waals surface area (Å²) in [5, 5.41) is 2.83. The first-order chi connectivity index (χ1) is 15.2. The van der Waals surface area contributed by atoms with E-state index in [1.165, 1.54) is 12.0 Å². The second-order valence-electron chi connectivity index (χ2n) is 8.08. The largest absolute Gasteiger partial charge is 0.493 e. The Hall–Kier alpha value is -3.55. The molecular formula is C24H29N3O5. The first kappa shape index (κ1) is 23.1. The summed E-state index contributed by atoms with van der Waals surface area (Å²) in [6, 6.07) is 11.7. The van der Waals surface area contributed by atoms with Crippen LogP contribution >= 0.6 is 0 Å². The molecule has 0 saturated carbocycles. The van der Waals surface area contributed by atoms with Gasteiger partial charge in [-0.25, -0.2) is 0 Å². The standard InChI is InChI=1S/C24H29N3O5/c1-15(2)32-20-11-10-17(13-21(20)31-5)24(30)26(4)14-23(29)27-16(3)12-22(28)25-18-8-6-7-9-19(18)27/h6-11,13,15-16H,12,14H2,1-5H3,(H,25,28). The topological polar surface area (TPSA) is 88.2 Å². The van der Waals surface area contributed by atoms with Crippen LogP contribution < -0.4 is 19.7 Å². The third kappa shape index (κ3) is 5.01. The molecule has 1 atom stereocenters. The highest BCUT2D eigenvalue weighted by molar-refractivity contribution is 6.06. The summed E-state index contributed by atoms with van der Waals surface area (Å²) in [5.74, 6) is 0.246. The van der Waals surface area contributed by atoms with Crippen molar-refractivity contribution in [2.75, 3.05) is 30.9 Å². The van der Waals surface area contributed by atoms with Crippen LogP contribution in [0.15, 0.2) is 42.5 Å². The van der Waals surface area contributed by atoms with Crippen LogP contribution in [-0.4, -0.2) is 55.5 Å². The van der Waals surface area contributed by atoms with Gasteiger partial charge in [0.15, 0.2) is 11.5 Å². The number of likely N-dealkylation sites (N-methyl/N-ethyl adjacent to an activating group) is 1. The number of anilines is 2. The van der Waals surface area contributed by atoms with Crippen molar-refractivity contribution in [3.05, 3.63) is 48.0 Å². The van der Waals surface area contributed by atoms with E-state index in [0.717, 1.165) is 0 Å². The van der Waals surface area contributed by atoms with Crippen LogP contribution in [0.3, 0.4) is 0 Å². The highest BCUT2D eigenvalue weighted by atomic mass is 16.5. The normalized spacial score (nSPS) is 15.5. The van der Waals surface area contributed by atoms with E-state index in [9.17, 15) is 14.4 Å². The summed E-state index contributed by atoms with van der Waals surface area (Å²) in [6.07, 6.45) is 0.137. The van der Waals surface area contributed by atoms with Gasteiger partial charge >= 0.3 is 0 Å². The Bertz CT molecular complexity index is 1020. The molecule has 1 N–H and O–H groups in total. The van der Waals surface area contributed by atoms with Gasteiger partial charge in [-0.1, -0.05) is 12.1 Å². The average Bonchev–Trinajstić information content (AvgIpc) is 2.87. The van der Waals surface area contributed by atoms with Crippen molar-refractivity contribution in [2.24, 2.45) is 0 Å². The van der Waals surface area contributed by atoms with Gasteiger partial charge in [-0.05, 0) is 51.1 Å². The molecular weight excluding hydrogens is 410 g/mol. The number of rotatable bonds is 6. The minimum atomic E-state index is -0.345. The molecule has 1 aliphatic heterocycles. The fourth-order valence-electron chi connectivity index (χ4n) is 3.69. The van der Waals surface area contributed by atoms with Gasteiger partial charge in [0.1, 0.15) is 6.54 Å². The predicted octanol–water partition coefficient (Wildman–Crippen LogP) is 3.32. The lowest BCUT2D eigenvalue weighted by atomic mass is 10.1. The Morgan fingerprint density at radius 1 is 1.19 bits per heavy atom. The summed E-state index contributed by atoms with van der Waals surface area (Å²) in [4.78, 5) is 41.3. The zero-order valence-electron chi connectivity index (χ0n) is 19.0. The number of methoxy groups -OCH3 is 1. The van der Waals surface area contributed by atoms with E-state index < -0.39 is 0 Å². The van der Waals surface area contributed by atoms with Crippen molar-refractivity contribution in [2.45, 2.75) is 39.3 Å². The molecule has 1 heterocycles. The van der Waals surface area contributed by atoms with Gasteiger partial charge in [0, 0.05) is 25.1 Å². The van der Waals surface area contributed by atoms with Crippen molar-refractivity contribution in [3.8, 4) is 11.5 Å². The number of ether oxygens (including phenoxy) is 2. The van der Waals surface area contributed by atoms with Crippen molar-refractivity contribution in [1.29, 1.82) is 0 Å². The number of hydrogen-bond acceptors (Lipinski definition) is 5. The first-order valence-corrected chi connectivity index (χ1v) is 10.5. The zero-order chi connectivity index (χ0) is 23.4. The Morgan fingerprint density at radius 3 is 2.59 bits per heavy atom. The van der Waals surface area contributed by atoms with Crippen molar-refractivity contribution in [3.63, 3.8) is 0 Å². The fourth-order valence-corrected chi connectivity index (χ4v) is 3.69.